The fraction of sp³-hybridized carbons (Fsp3) is 0.526. The molecule has 1 aromatic heterocycles. The smallest absolute Gasteiger partial charge is 0.410 e. The molecule has 0 radical (unpaired) electrons. The largest absolute Gasteiger partial charge is 0.444 e. The van der Waals surface area contributed by atoms with Crippen molar-refractivity contribution in [3.63, 3.8) is 0 Å². The second-order valence-corrected chi connectivity index (χ2v) is 7.73. The zero-order valence-corrected chi connectivity index (χ0v) is 15.3. The number of aromatic amines is 1. The minimum Gasteiger partial charge on any atom is -0.444 e. The Morgan fingerprint density at radius 2 is 2.15 bits per heavy atom. The summed E-state index contributed by atoms with van der Waals surface area (Å²) in [5.41, 5.74) is 1.18. The third-order valence-electron chi connectivity index (χ3n) is 4.75. The molecule has 3 atom stereocenters. The predicted molar refractivity (Wildman–Crippen MR) is 99.1 cm³/mol. The predicted octanol–water partition coefficient (Wildman–Crippen LogP) is 3.39. The fourth-order valence-corrected chi connectivity index (χ4v) is 3.69. The number of nitrogens with one attached hydrogen (secondary N) is 1. The highest BCUT2D eigenvalue weighted by Gasteiger charge is 2.44. The number of aliphatic hydroxyl groups is 1. The van der Waals surface area contributed by atoms with E-state index in [9.17, 15) is 14.8 Å². The zero-order valence-electron chi connectivity index (χ0n) is 15.3. The highest BCUT2D eigenvalue weighted by atomic mass is 16.6. The maximum Gasteiger partial charge on any atom is 0.410 e. The van der Waals surface area contributed by atoms with Crippen molar-refractivity contribution in [3.8, 4) is 0 Å². The van der Waals surface area contributed by atoms with Crippen molar-refractivity contribution < 1.29 is 14.6 Å². The number of hydrogen-bond donors (Lipinski definition) is 2. The van der Waals surface area contributed by atoms with Crippen LogP contribution in [0.5, 0.6) is 0 Å². The molecule has 26 heavy (non-hydrogen) atoms. The Hall–Kier alpha value is -2.41. The highest BCUT2D eigenvalue weighted by molar-refractivity contribution is 5.84. The molecule has 2 N–H and O–H groups in total. The lowest BCUT2D eigenvalue weighted by molar-refractivity contribution is 0.0121. The molecular weight excluding hydrogens is 334 g/mol. The Balaban J connectivity index is 1.97. The number of nitrogens with zero attached hydrogens (tertiary/aromatic N) is 2. The van der Waals surface area contributed by atoms with Crippen molar-refractivity contribution in [2.45, 2.75) is 50.9 Å². The number of fused-ring (bicyclic) bond motifs is 1. The van der Waals surface area contributed by atoms with Crippen LogP contribution in [-0.2, 0) is 4.74 Å². The molecular formula is C19H25N3O4. The van der Waals surface area contributed by atoms with Crippen LogP contribution in [0.2, 0.25) is 0 Å². The van der Waals surface area contributed by atoms with Gasteiger partial charge in [-0.15, -0.1) is 0 Å². The van der Waals surface area contributed by atoms with Crippen LogP contribution >= 0.6 is 0 Å². The van der Waals surface area contributed by atoms with Crippen molar-refractivity contribution >= 4 is 17.0 Å². The molecule has 1 aliphatic rings. The van der Waals surface area contributed by atoms with Crippen molar-refractivity contribution in [1.82, 2.24) is 9.88 Å². The minimum absolute atomic E-state index is 0.0249. The molecule has 1 amide bonds. The van der Waals surface area contributed by atoms with Gasteiger partial charge in [0.15, 0.2) is 0 Å². The number of amides is 1. The van der Waals surface area contributed by atoms with Crippen LogP contribution in [0.4, 0.5) is 4.79 Å². The third-order valence-corrected chi connectivity index (χ3v) is 4.75. The first-order valence-electron chi connectivity index (χ1n) is 8.84. The van der Waals surface area contributed by atoms with Gasteiger partial charge in [-0.25, -0.2) is 4.79 Å². The van der Waals surface area contributed by atoms with Gasteiger partial charge in [-0.3, -0.25) is 0 Å². The number of carbonyl (C=O) groups excluding carboxylic acids is 1. The number of aromatic nitrogens is 1. The van der Waals surface area contributed by atoms with E-state index in [2.05, 4.69) is 10.2 Å². The summed E-state index contributed by atoms with van der Waals surface area (Å²) in [6, 6.07) is 7.19. The molecule has 1 aliphatic heterocycles. The minimum atomic E-state index is -0.733. The van der Waals surface area contributed by atoms with Gasteiger partial charge in [-0.05, 0) is 38.8 Å². The summed E-state index contributed by atoms with van der Waals surface area (Å²) >= 11 is 0. The molecule has 3 rings (SSSR count). The number of aliphatic hydroxyl groups excluding tert-OH is 1. The molecule has 2 aromatic rings. The third kappa shape index (κ3) is 3.58. The molecule has 0 bridgehead atoms. The topological polar surface area (TPSA) is 95.0 Å². The Labute approximate surface area is 152 Å². The summed E-state index contributed by atoms with van der Waals surface area (Å²) in [6.45, 7) is 5.77. The molecule has 0 aliphatic carbocycles. The number of carbonyl (C=O) groups is 1. The highest BCUT2D eigenvalue weighted by Crippen LogP contribution is 2.36. The van der Waals surface area contributed by atoms with E-state index in [1.165, 1.54) is 4.90 Å². The molecule has 7 nitrogen and oxygen atoms in total. The quantitative estimate of drug-likeness (QED) is 0.818. The van der Waals surface area contributed by atoms with Gasteiger partial charge in [0.1, 0.15) is 5.60 Å². The summed E-state index contributed by atoms with van der Waals surface area (Å²) in [7, 11) is 0. The number of hydrogen-bond acceptors (Lipinski definition) is 5. The van der Waals surface area contributed by atoms with Gasteiger partial charge >= 0.3 is 6.09 Å². The molecule has 0 saturated carbocycles. The number of ether oxygens (including phenoxy) is 1. The first-order chi connectivity index (χ1) is 12.3. The van der Waals surface area contributed by atoms with Crippen LogP contribution in [0.1, 0.15) is 38.7 Å². The number of para-hydroxylation sites is 1. The van der Waals surface area contributed by atoms with Gasteiger partial charge in [-0.1, -0.05) is 23.4 Å². The maximum atomic E-state index is 12.6. The summed E-state index contributed by atoms with van der Waals surface area (Å²) in [6.07, 6.45) is 1.07. The number of H-pyrrole nitrogens is 1. The summed E-state index contributed by atoms with van der Waals surface area (Å²) in [5.74, 6) is -0.409. The Morgan fingerprint density at radius 3 is 2.85 bits per heavy atom. The number of likely N-dealkylation sites (tertiary alicyclic amines) is 1. The van der Waals surface area contributed by atoms with Gasteiger partial charge in [0, 0.05) is 29.6 Å². The Kier molecular flexibility index (Phi) is 5.00. The Morgan fingerprint density at radius 1 is 1.42 bits per heavy atom. The van der Waals surface area contributed by atoms with Crippen molar-refractivity contribution in [2.24, 2.45) is 5.18 Å². The van der Waals surface area contributed by atoms with Crippen LogP contribution in [0.3, 0.4) is 0 Å². The first kappa shape index (κ1) is 18.4. The van der Waals surface area contributed by atoms with Crippen LogP contribution in [0.15, 0.2) is 35.6 Å². The van der Waals surface area contributed by atoms with E-state index in [1.54, 1.807) is 20.8 Å². The summed E-state index contributed by atoms with van der Waals surface area (Å²) in [4.78, 5) is 28.5. The van der Waals surface area contributed by atoms with Crippen LogP contribution in [0.25, 0.3) is 10.9 Å². The number of rotatable bonds is 4. The molecule has 7 heteroatoms. The summed E-state index contributed by atoms with van der Waals surface area (Å²) in [5, 5.41) is 14.6. The average molecular weight is 359 g/mol. The monoisotopic (exact) mass is 359 g/mol. The normalized spacial score (nSPS) is 21.8. The molecule has 0 spiro atoms. The van der Waals surface area contributed by atoms with Gasteiger partial charge in [0.2, 0.25) is 0 Å². The second kappa shape index (κ2) is 7.07. The standard InChI is InChI=1S/C19H25N3O4/c1-19(2,3)26-18(24)22-9-8-16(23)17(22)14(11-21-25)13-10-20-15-7-5-4-6-12(13)15/h4-7,10,14,16-17,20,23H,8-9,11H2,1-3H3/t14-,16-,17+/m0/s1. The van der Waals surface area contributed by atoms with E-state index < -0.39 is 29.8 Å². The van der Waals surface area contributed by atoms with E-state index in [-0.39, 0.29) is 6.54 Å². The van der Waals surface area contributed by atoms with Gasteiger partial charge in [-0.2, -0.15) is 4.91 Å². The summed E-state index contributed by atoms with van der Waals surface area (Å²) < 4.78 is 5.49. The molecule has 1 saturated heterocycles. The lowest BCUT2D eigenvalue weighted by Gasteiger charge is -2.33. The Bertz CT molecular complexity index is 795. The molecule has 1 fully saturated rings. The van der Waals surface area contributed by atoms with Crippen LogP contribution in [-0.4, -0.2) is 51.9 Å². The molecule has 0 unspecified atom stereocenters. The first-order valence-corrected chi connectivity index (χ1v) is 8.84. The zero-order chi connectivity index (χ0) is 18.9. The van der Waals surface area contributed by atoms with E-state index in [0.29, 0.717) is 13.0 Å². The van der Waals surface area contributed by atoms with Crippen LogP contribution in [0, 0.1) is 4.91 Å². The SMILES string of the molecule is CC(C)(C)OC(=O)N1CC[C@H](O)[C@H]1[C@@H](CN=O)c1c[nH]c2ccccc12. The number of benzene rings is 1. The lowest BCUT2D eigenvalue weighted by Crippen LogP contribution is -2.46. The van der Waals surface area contributed by atoms with Gasteiger partial charge in [0.05, 0.1) is 18.7 Å². The van der Waals surface area contributed by atoms with Crippen molar-refractivity contribution in [2.75, 3.05) is 13.1 Å². The fourth-order valence-electron chi connectivity index (χ4n) is 3.69. The van der Waals surface area contributed by atoms with Crippen molar-refractivity contribution in [1.29, 1.82) is 0 Å². The number of nitroso groups, excluding NO2 is 1. The second-order valence-electron chi connectivity index (χ2n) is 7.73. The van der Waals surface area contributed by atoms with Gasteiger partial charge in [0.25, 0.3) is 0 Å². The van der Waals surface area contributed by atoms with E-state index in [4.69, 9.17) is 4.74 Å². The van der Waals surface area contributed by atoms with Crippen molar-refractivity contribution in [3.05, 3.63) is 40.9 Å². The maximum absolute atomic E-state index is 12.6. The van der Waals surface area contributed by atoms with E-state index in [1.807, 2.05) is 30.5 Å². The lowest BCUT2D eigenvalue weighted by atomic mass is 9.88. The average Bonchev–Trinajstić information content (AvgIpc) is 3.15. The van der Waals surface area contributed by atoms with Gasteiger partial charge < -0.3 is 19.7 Å². The van der Waals surface area contributed by atoms with E-state index >= 15 is 0 Å². The molecule has 140 valence electrons. The van der Waals surface area contributed by atoms with Crippen LogP contribution < -0.4 is 0 Å². The molecule has 1 aromatic carbocycles. The molecule has 2 heterocycles. The van der Waals surface area contributed by atoms with E-state index in [0.717, 1.165) is 16.5 Å².